The average molecular weight is 340 g/mol. The third kappa shape index (κ3) is 3.43. The second-order valence-corrected chi connectivity index (χ2v) is 5.97. The lowest BCUT2D eigenvalue weighted by molar-refractivity contribution is 0.0701. The van der Waals surface area contributed by atoms with Crippen LogP contribution in [0, 0.1) is 0 Å². The van der Waals surface area contributed by atoms with Crippen molar-refractivity contribution in [3.63, 3.8) is 0 Å². The Hall–Kier alpha value is -1.17. The quantitative estimate of drug-likeness (QED) is 0.863. The molecule has 1 aromatic heterocycles. The predicted molar refractivity (Wildman–Crippen MR) is 80.7 cm³/mol. The van der Waals surface area contributed by atoms with Crippen molar-refractivity contribution in [2.24, 2.45) is 0 Å². The molecule has 0 aliphatic carbocycles. The standard InChI is InChI=1S/C14H14BrNO2S/c1-9(11-4-2-3-5-12(11)15)16-8-10-6-7-19-13(10)14(17)18/h2-7,9,16H,8H2,1H3,(H,17,18)/t9-/m0/s1. The first-order chi connectivity index (χ1) is 9.09. The van der Waals surface area contributed by atoms with E-state index in [0.29, 0.717) is 11.4 Å². The van der Waals surface area contributed by atoms with E-state index in [2.05, 4.69) is 28.2 Å². The van der Waals surface area contributed by atoms with Crippen molar-refractivity contribution >= 4 is 33.2 Å². The summed E-state index contributed by atoms with van der Waals surface area (Å²) in [7, 11) is 0. The van der Waals surface area contributed by atoms with E-state index < -0.39 is 5.97 Å². The lowest BCUT2D eigenvalue weighted by atomic mass is 10.1. The zero-order valence-corrected chi connectivity index (χ0v) is 12.8. The van der Waals surface area contributed by atoms with Crippen molar-refractivity contribution in [1.29, 1.82) is 0 Å². The Kier molecular flexibility index (Phi) is 4.74. The van der Waals surface area contributed by atoms with E-state index in [1.807, 2.05) is 35.7 Å². The minimum Gasteiger partial charge on any atom is -0.477 e. The highest BCUT2D eigenvalue weighted by molar-refractivity contribution is 9.10. The maximum atomic E-state index is 11.0. The Labute approximate surface area is 124 Å². The van der Waals surface area contributed by atoms with Crippen molar-refractivity contribution in [2.75, 3.05) is 0 Å². The maximum absolute atomic E-state index is 11.0. The molecule has 1 aromatic carbocycles. The molecule has 0 unspecified atom stereocenters. The van der Waals surface area contributed by atoms with Gasteiger partial charge in [0.15, 0.2) is 0 Å². The molecule has 0 aliphatic heterocycles. The molecule has 1 heterocycles. The van der Waals surface area contributed by atoms with E-state index in [9.17, 15) is 4.79 Å². The smallest absolute Gasteiger partial charge is 0.346 e. The summed E-state index contributed by atoms with van der Waals surface area (Å²) in [5, 5.41) is 14.2. The summed E-state index contributed by atoms with van der Waals surface area (Å²) in [5.74, 6) is -0.861. The molecule has 0 saturated heterocycles. The average Bonchev–Trinajstić information content (AvgIpc) is 2.85. The van der Waals surface area contributed by atoms with Crippen molar-refractivity contribution in [3.8, 4) is 0 Å². The number of carboxylic acids is 1. The Bertz CT molecular complexity index is 582. The van der Waals surface area contributed by atoms with E-state index >= 15 is 0 Å². The molecule has 100 valence electrons. The zero-order chi connectivity index (χ0) is 13.8. The van der Waals surface area contributed by atoms with Crippen molar-refractivity contribution < 1.29 is 9.90 Å². The van der Waals surface area contributed by atoms with Gasteiger partial charge in [-0.1, -0.05) is 34.1 Å². The van der Waals surface area contributed by atoms with Crippen LogP contribution < -0.4 is 5.32 Å². The number of aromatic carboxylic acids is 1. The first-order valence-corrected chi connectivity index (χ1v) is 7.54. The fraction of sp³-hybridized carbons (Fsp3) is 0.214. The van der Waals surface area contributed by atoms with Gasteiger partial charge in [0.2, 0.25) is 0 Å². The van der Waals surface area contributed by atoms with Crippen LogP contribution in [0.4, 0.5) is 0 Å². The molecule has 5 heteroatoms. The molecule has 0 spiro atoms. The molecular weight excluding hydrogens is 326 g/mol. The highest BCUT2D eigenvalue weighted by Gasteiger charge is 2.13. The first kappa shape index (κ1) is 14.2. The molecule has 0 aliphatic rings. The number of hydrogen-bond acceptors (Lipinski definition) is 3. The van der Waals surface area contributed by atoms with E-state index in [1.54, 1.807) is 0 Å². The zero-order valence-electron chi connectivity index (χ0n) is 10.4. The van der Waals surface area contributed by atoms with Gasteiger partial charge in [0, 0.05) is 17.1 Å². The van der Waals surface area contributed by atoms with Gasteiger partial charge in [0.05, 0.1) is 0 Å². The van der Waals surface area contributed by atoms with Crippen LogP contribution in [0.2, 0.25) is 0 Å². The number of rotatable bonds is 5. The van der Waals surface area contributed by atoms with Crippen LogP contribution in [0.5, 0.6) is 0 Å². The summed E-state index contributed by atoms with van der Waals surface area (Å²) in [6.45, 7) is 2.61. The molecule has 1 atom stereocenters. The van der Waals surface area contributed by atoms with E-state index in [4.69, 9.17) is 5.11 Å². The number of thiophene rings is 1. The van der Waals surface area contributed by atoms with Gasteiger partial charge in [0.1, 0.15) is 4.88 Å². The van der Waals surface area contributed by atoms with Crippen LogP contribution in [-0.4, -0.2) is 11.1 Å². The molecule has 0 fully saturated rings. The fourth-order valence-electron chi connectivity index (χ4n) is 1.86. The second-order valence-electron chi connectivity index (χ2n) is 4.20. The minimum absolute atomic E-state index is 0.150. The van der Waals surface area contributed by atoms with Crippen LogP contribution >= 0.6 is 27.3 Å². The van der Waals surface area contributed by atoms with Gasteiger partial charge in [0.25, 0.3) is 0 Å². The summed E-state index contributed by atoms with van der Waals surface area (Å²) >= 11 is 4.78. The van der Waals surface area contributed by atoms with Crippen LogP contribution in [-0.2, 0) is 6.54 Å². The van der Waals surface area contributed by atoms with Crippen LogP contribution in [0.1, 0.15) is 33.8 Å². The molecular formula is C14H14BrNO2S. The van der Waals surface area contributed by atoms with Crippen molar-refractivity contribution in [3.05, 3.63) is 56.2 Å². The SMILES string of the molecule is C[C@H](NCc1ccsc1C(=O)O)c1ccccc1Br. The third-order valence-electron chi connectivity index (χ3n) is 2.91. The molecule has 2 rings (SSSR count). The third-order valence-corrected chi connectivity index (χ3v) is 4.58. The van der Waals surface area contributed by atoms with E-state index in [-0.39, 0.29) is 6.04 Å². The second kappa shape index (κ2) is 6.32. The lowest BCUT2D eigenvalue weighted by Crippen LogP contribution is -2.19. The van der Waals surface area contributed by atoms with Crippen molar-refractivity contribution in [2.45, 2.75) is 19.5 Å². The summed E-state index contributed by atoms with van der Waals surface area (Å²) < 4.78 is 1.05. The van der Waals surface area contributed by atoms with Crippen LogP contribution in [0.15, 0.2) is 40.2 Å². The van der Waals surface area contributed by atoms with Gasteiger partial charge < -0.3 is 10.4 Å². The van der Waals surface area contributed by atoms with Crippen LogP contribution in [0.25, 0.3) is 0 Å². The van der Waals surface area contributed by atoms with Gasteiger partial charge in [-0.25, -0.2) is 4.79 Å². The van der Waals surface area contributed by atoms with Gasteiger partial charge in [-0.2, -0.15) is 0 Å². The number of hydrogen-bond donors (Lipinski definition) is 2. The number of carbonyl (C=O) groups is 1. The number of carboxylic acid groups (broad SMARTS) is 1. The topological polar surface area (TPSA) is 49.3 Å². The van der Waals surface area contributed by atoms with Gasteiger partial charge in [-0.3, -0.25) is 0 Å². The number of benzene rings is 1. The summed E-state index contributed by atoms with van der Waals surface area (Å²) in [6, 6.07) is 10.0. The Morgan fingerprint density at radius 3 is 2.84 bits per heavy atom. The normalized spacial score (nSPS) is 12.3. The molecule has 3 nitrogen and oxygen atoms in total. The molecule has 0 amide bonds. The molecule has 0 bridgehead atoms. The fourth-order valence-corrected chi connectivity index (χ4v) is 3.25. The maximum Gasteiger partial charge on any atom is 0.346 e. The molecule has 0 radical (unpaired) electrons. The highest BCUT2D eigenvalue weighted by Crippen LogP contribution is 2.24. The highest BCUT2D eigenvalue weighted by atomic mass is 79.9. The molecule has 2 aromatic rings. The number of halogens is 1. The predicted octanol–water partition coefficient (Wildman–Crippen LogP) is 4.06. The monoisotopic (exact) mass is 339 g/mol. The Morgan fingerprint density at radius 1 is 1.42 bits per heavy atom. The Morgan fingerprint density at radius 2 is 2.16 bits per heavy atom. The van der Waals surface area contributed by atoms with Crippen molar-refractivity contribution in [1.82, 2.24) is 5.32 Å². The lowest BCUT2D eigenvalue weighted by Gasteiger charge is -2.15. The molecule has 19 heavy (non-hydrogen) atoms. The summed E-state index contributed by atoms with van der Waals surface area (Å²) in [6.07, 6.45) is 0. The Balaban J connectivity index is 2.05. The first-order valence-electron chi connectivity index (χ1n) is 5.87. The van der Waals surface area contributed by atoms with E-state index in [0.717, 1.165) is 15.6 Å². The van der Waals surface area contributed by atoms with Crippen LogP contribution in [0.3, 0.4) is 0 Å². The minimum atomic E-state index is -0.861. The van der Waals surface area contributed by atoms with E-state index in [1.165, 1.54) is 11.3 Å². The largest absolute Gasteiger partial charge is 0.477 e. The molecule has 2 N–H and O–H groups in total. The van der Waals surface area contributed by atoms with Gasteiger partial charge >= 0.3 is 5.97 Å². The van der Waals surface area contributed by atoms with Gasteiger partial charge in [-0.05, 0) is 35.6 Å². The summed E-state index contributed by atoms with van der Waals surface area (Å²) in [5.41, 5.74) is 1.99. The summed E-state index contributed by atoms with van der Waals surface area (Å²) in [4.78, 5) is 11.4. The van der Waals surface area contributed by atoms with Gasteiger partial charge in [-0.15, -0.1) is 11.3 Å². The number of nitrogens with one attached hydrogen (secondary N) is 1. The molecule has 0 saturated carbocycles.